The lowest BCUT2D eigenvalue weighted by molar-refractivity contribution is -0.384. The molecule has 5 nitrogen and oxygen atoms in total. The molecule has 0 radical (unpaired) electrons. The number of alkyl halides is 5. The van der Waals surface area contributed by atoms with Gasteiger partial charge in [0.1, 0.15) is 17.6 Å². The summed E-state index contributed by atoms with van der Waals surface area (Å²) in [5.74, 6) is 0. The van der Waals surface area contributed by atoms with E-state index in [9.17, 15) is 32.1 Å². The third-order valence-corrected chi connectivity index (χ3v) is 1.82. The van der Waals surface area contributed by atoms with Gasteiger partial charge in [-0.25, -0.2) is 13.8 Å². The summed E-state index contributed by atoms with van der Waals surface area (Å²) in [5, 5.41) is 12.4. The van der Waals surface area contributed by atoms with E-state index in [1.165, 1.54) is 0 Å². The standard InChI is InChI=1S/C8H6F5N3O2/c9-7(10)3-14-4-1-6(8(11,12)13)15-2-5(4)16(17)18/h1-2,7H,3H2,(H,14,15). The van der Waals surface area contributed by atoms with Crippen LogP contribution in [0.5, 0.6) is 0 Å². The highest BCUT2D eigenvalue weighted by Gasteiger charge is 2.34. The number of halogens is 5. The maximum absolute atomic E-state index is 12.3. The second-order valence-corrected chi connectivity index (χ2v) is 3.11. The van der Waals surface area contributed by atoms with Gasteiger partial charge in [0, 0.05) is 0 Å². The van der Waals surface area contributed by atoms with Crippen LogP contribution >= 0.6 is 0 Å². The molecule has 0 aromatic carbocycles. The fourth-order valence-corrected chi connectivity index (χ4v) is 1.08. The molecule has 10 heteroatoms. The number of pyridine rings is 1. The van der Waals surface area contributed by atoms with Crippen molar-refractivity contribution in [3.05, 3.63) is 28.1 Å². The van der Waals surface area contributed by atoms with Crippen LogP contribution in [0.1, 0.15) is 5.69 Å². The van der Waals surface area contributed by atoms with Gasteiger partial charge in [0.15, 0.2) is 0 Å². The molecular weight excluding hydrogens is 265 g/mol. The first kappa shape index (κ1) is 14.1. The summed E-state index contributed by atoms with van der Waals surface area (Å²) in [6.45, 7) is -0.998. The van der Waals surface area contributed by atoms with Crippen LogP contribution in [-0.2, 0) is 6.18 Å². The van der Waals surface area contributed by atoms with Gasteiger partial charge < -0.3 is 5.32 Å². The third-order valence-electron chi connectivity index (χ3n) is 1.82. The highest BCUT2D eigenvalue weighted by Crippen LogP contribution is 2.32. The Hall–Kier alpha value is -2.00. The van der Waals surface area contributed by atoms with Crippen molar-refractivity contribution in [3.8, 4) is 0 Å². The lowest BCUT2D eigenvalue weighted by atomic mass is 10.2. The van der Waals surface area contributed by atoms with Gasteiger partial charge in [0.2, 0.25) is 0 Å². The molecule has 100 valence electrons. The molecule has 0 aliphatic rings. The fourth-order valence-electron chi connectivity index (χ4n) is 1.08. The van der Waals surface area contributed by atoms with Crippen LogP contribution < -0.4 is 5.32 Å². The van der Waals surface area contributed by atoms with Gasteiger partial charge in [0.25, 0.3) is 6.43 Å². The molecule has 0 bridgehead atoms. The fraction of sp³-hybridized carbons (Fsp3) is 0.375. The Morgan fingerprint density at radius 3 is 2.50 bits per heavy atom. The van der Waals surface area contributed by atoms with Crippen LogP contribution in [-0.4, -0.2) is 22.9 Å². The minimum absolute atomic E-state index is 0.320. The topological polar surface area (TPSA) is 68.1 Å². The Labute approximate surface area is 96.8 Å². The van der Waals surface area contributed by atoms with Crippen molar-refractivity contribution < 1.29 is 26.9 Å². The first-order chi connectivity index (χ1) is 8.21. The van der Waals surface area contributed by atoms with E-state index in [1.54, 1.807) is 0 Å². The Bertz CT molecular complexity index is 449. The molecule has 0 saturated carbocycles. The second-order valence-electron chi connectivity index (χ2n) is 3.11. The van der Waals surface area contributed by atoms with Crippen LogP contribution in [0.15, 0.2) is 12.3 Å². The molecule has 0 aliphatic heterocycles. The van der Waals surface area contributed by atoms with Gasteiger partial charge in [-0.05, 0) is 6.07 Å². The van der Waals surface area contributed by atoms with Crippen molar-refractivity contribution in [3.63, 3.8) is 0 Å². The van der Waals surface area contributed by atoms with Crippen molar-refractivity contribution in [2.24, 2.45) is 0 Å². The monoisotopic (exact) mass is 271 g/mol. The molecule has 1 aromatic rings. The lowest BCUT2D eigenvalue weighted by Gasteiger charge is -2.09. The van der Waals surface area contributed by atoms with Gasteiger partial charge in [-0.15, -0.1) is 0 Å². The van der Waals surface area contributed by atoms with Gasteiger partial charge >= 0.3 is 11.9 Å². The zero-order valence-electron chi connectivity index (χ0n) is 8.54. The van der Waals surface area contributed by atoms with Gasteiger partial charge in [-0.3, -0.25) is 10.1 Å². The third kappa shape index (κ3) is 3.50. The summed E-state index contributed by atoms with van der Waals surface area (Å²) < 4.78 is 60.7. The van der Waals surface area contributed by atoms with E-state index >= 15 is 0 Å². The summed E-state index contributed by atoms with van der Waals surface area (Å²) in [4.78, 5) is 12.3. The molecule has 1 N–H and O–H groups in total. The summed E-state index contributed by atoms with van der Waals surface area (Å²) in [7, 11) is 0. The first-order valence-electron chi connectivity index (χ1n) is 4.45. The number of rotatable bonds is 4. The maximum Gasteiger partial charge on any atom is 0.433 e. The Morgan fingerprint density at radius 1 is 1.44 bits per heavy atom. The number of nitrogens with zero attached hydrogens (tertiary/aromatic N) is 2. The molecule has 18 heavy (non-hydrogen) atoms. The highest BCUT2D eigenvalue weighted by atomic mass is 19.4. The summed E-state index contributed by atoms with van der Waals surface area (Å²) in [6.07, 6.45) is -7.29. The second kappa shape index (κ2) is 5.10. The average Bonchev–Trinajstić information content (AvgIpc) is 2.24. The number of nitrogens with one attached hydrogen (secondary N) is 1. The normalized spacial score (nSPS) is 11.7. The van der Waals surface area contributed by atoms with Crippen LogP contribution in [0.25, 0.3) is 0 Å². The van der Waals surface area contributed by atoms with Crippen LogP contribution in [0.3, 0.4) is 0 Å². The zero-order valence-corrected chi connectivity index (χ0v) is 8.54. The van der Waals surface area contributed by atoms with Crippen molar-refractivity contribution in [2.45, 2.75) is 12.6 Å². The maximum atomic E-state index is 12.3. The predicted octanol–water partition coefficient (Wildman–Crippen LogP) is 2.69. The summed E-state index contributed by atoms with van der Waals surface area (Å²) in [6, 6.07) is 0.320. The number of hydrogen-bond donors (Lipinski definition) is 1. The zero-order chi connectivity index (χ0) is 13.9. The van der Waals surface area contributed by atoms with Gasteiger partial charge in [-0.2, -0.15) is 13.2 Å². The van der Waals surface area contributed by atoms with Crippen molar-refractivity contribution >= 4 is 11.4 Å². The van der Waals surface area contributed by atoms with Crippen molar-refractivity contribution in [1.29, 1.82) is 0 Å². The Morgan fingerprint density at radius 2 is 2.06 bits per heavy atom. The molecule has 0 aliphatic carbocycles. The molecule has 0 saturated heterocycles. The predicted molar refractivity (Wildman–Crippen MR) is 50.4 cm³/mol. The SMILES string of the molecule is O=[N+]([O-])c1cnc(C(F)(F)F)cc1NCC(F)F. The Kier molecular flexibility index (Phi) is 3.99. The molecule has 0 atom stereocenters. The average molecular weight is 271 g/mol. The molecule has 0 unspecified atom stereocenters. The van der Waals surface area contributed by atoms with E-state index in [1.807, 2.05) is 5.32 Å². The van der Waals surface area contributed by atoms with Gasteiger partial charge in [0.05, 0.1) is 11.5 Å². The van der Waals surface area contributed by atoms with E-state index < -0.39 is 41.1 Å². The number of anilines is 1. The van der Waals surface area contributed by atoms with E-state index in [0.29, 0.717) is 12.3 Å². The highest BCUT2D eigenvalue weighted by molar-refractivity contribution is 5.61. The Balaban J connectivity index is 3.12. The van der Waals surface area contributed by atoms with Crippen LogP contribution in [0.2, 0.25) is 0 Å². The quantitative estimate of drug-likeness (QED) is 0.519. The van der Waals surface area contributed by atoms with Crippen molar-refractivity contribution in [2.75, 3.05) is 11.9 Å². The number of aromatic nitrogens is 1. The van der Waals surface area contributed by atoms with Crippen LogP contribution in [0.4, 0.5) is 33.3 Å². The van der Waals surface area contributed by atoms with E-state index in [-0.39, 0.29) is 0 Å². The number of hydrogen-bond acceptors (Lipinski definition) is 4. The molecule has 1 aromatic heterocycles. The molecule has 0 spiro atoms. The molecule has 1 rings (SSSR count). The number of nitro groups is 1. The van der Waals surface area contributed by atoms with E-state index in [0.717, 1.165) is 0 Å². The van der Waals surface area contributed by atoms with Gasteiger partial charge in [-0.1, -0.05) is 0 Å². The smallest absolute Gasteiger partial charge is 0.374 e. The van der Waals surface area contributed by atoms with E-state index in [4.69, 9.17) is 0 Å². The molecule has 0 fully saturated rings. The lowest BCUT2D eigenvalue weighted by Crippen LogP contribution is -2.14. The minimum atomic E-state index is -4.81. The van der Waals surface area contributed by atoms with E-state index in [2.05, 4.69) is 4.98 Å². The minimum Gasteiger partial charge on any atom is -0.374 e. The summed E-state index contributed by atoms with van der Waals surface area (Å²) >= 11 is 0. The van der Waals surface area contributed by atoms with Crippen molar-refractivity contribution in [1.82, 2.24) is 4.98 Å². The molecule has 1 heterocycles. The molecule has 0 amide bonds. The summed E-state index contributed by atoms with van der Waals surface area (Å²) in [5.41, 5.74) is -2.85. The largest absolute Gasteiger partial charge is 0.433 e. The van der Waals surface area contributed by atoms with Crippen LogP contribution in [0, 0.1) is 10.1 Å². The first-order valence-corrected chi connectivity index (χ1v) is 4.45. The molecular formula is C8H6F5N3O2.